The standard InChI is InChI=1S/C18H23N7/c1-24-6-8-25(9-7-24)5-4-21-18-22-12-14-10-13-11-20-3-2-15(13)16(19)17(14)23-18/h2-3,10-12H,4-9,19H2,1H3,(H,21,22,23). The molecule has 0 amide bonds. The molecule has 0 saturated carbocycles. The number of nitrogens with one attached hydrogen (secondary N) is 1. The number of nitrogens with two attached hydrogens (primary N) is 1. The van der Waals surface area contributed by atoms with Crippen molar-refractivity contribution in [3.63, 3.8) is 0 Å². The molecular formula is C18H23N7. The highest BCUT2D eigenvalue weighted by molar-refractivity contribution is 6.08. The molecule has 4 rings (SSSR count). The van der Waals surface area contributed by atoms with Crippen molar-refractivity contribution in [2.45, 2.75) is 0 Å². The minimum absolute atomic E-state index is 0.627. The number of likely N-dealkylation sites (N-methyl/N-ethyl adjacent to an activating group) is 1. The molecule has 1 aliphatic rings. The highest BCUT2D eigenvalue weighted by Crippen LogP contribution is 2.28. The van der Waals surface area contributed by atoms with Gasteiger partial charge in [0.2, 0.25) is 5.95 Å². The topological polar surface area (TPSA) is 83.2 Å². The van der Waals surface area contributed by atoms with Gasteiger partial charge in [-0.3, -0.25) is 9.88 Å². The van der Waals surface area contributed by atoms with Gasteiger partial charge in [-0.05, 0) is 19.2 Å². The van der Waals surface area contributed by atoms with Crippen LogP contribution in [0.25, 0.3) is 21.7 Å². The zero-order valence-electron chi connectivity index (χ0n) is 14.4. The minimum atomic E-state index is 0.627. The van der Waals surface area contributed by atoms with Crippen LogP contribution in [-0.4, -0.2) is 71.1 Å². The third-order valence-electron chi connectivity index (χ3n) is 4.83. The van der Waals surface area contributed by atoms with Gasteiger partial charge in [-0.25, -0.2) is 9.97 Å². The molecule has 0 unspecified atom stereocenters. The van der Waals surface area contributed by atoms with E-state index in [1.54, 1.807) is 6.20 Å². The molecule has 3 heterocycles. The molecule has 0 bridgehead atoms. The van der Waals surface area contributed by atoms with Crippen LogP contribution in [0.5, 0.6) is 0 Å². The number of hydrogen-bond donors (Lipinski definition) is 2. The van der Waals surface area contributed by atoms with Crippen molar-refractivity contribution in [3.05, 3.63) is 30.7 Å². The number of nitrogen functional groups attached to an aromatic ring is 1. The van der Waals surface area contributed by atoms with E-state index in [1.165, 1.54) is 0 Å². The van der Waals surface area contributed by atoms with E-state index in [9.17, 15) is 0 Å². The first-order chi connectivity index (χ1) is 12.2. The quantitative estimate of drug-likeness (QED) is 0.550. The summed E-state index contributed by atoms with van der Waals surface area (Å²) in [6.45, 7) is 6.31. The Morgan fingerprint density at radius 2 is 2.00 bits per heavy atom. The third kappa shape index (κ3) is 3.33. The Morgan fingerprint density at radius 1 is 1.16 bits per heavy atom. The minimum Gasteiger partial charge on any atom is -0.396 e. The molecule has 1 fully saturated rings. The Morgan fingerprint density at radius 3 is 2.84 bits per heavy atom. The van der Waals surface area contributed by atoms with Crippen LogP contribution in [-0.2, 0) is 0 Å². The van der Waals surface area contributed by atoms with Crippen LogP contribution in [0.2, 0.25) is 0 Å². The molecule has 25 heavy (non-hydrogen) atoms. The van der Waals surface area contributed by atoms with Crippen LogP contribution < -0.4 is 11.1 Å². The molecule has 1 aliphatic heterocycles. The molecule has 0 radical (unpaired) electrons. The molecule has 1 aromatic carbocycles. The van der Waals surface area contributed by atoms with Crippen LogP contribution in [0.15, 0.2) is 30.7 Å². The van der Waals surface area contributed by atoms with Gasteiger partial charge < -0.3 is 16.0 Å². The number of piperazine rings is 1. The first kappa shape index (κ1) is 16.0. The fraction of sp³-hybridized carbons (Fsp3) is 0.389. The maximum atomic E-state index is 6.32. The van der Waals surface area contributed by atoms with Crippen LogP contribution >= 0.6 is 0 Å². The number of anilines is 2. The largest absolute Gasteiger partial charge is 0.396 e. The second-order valence-electron chi connectivity index (χ2n) is 6.59. The SMILES string of the molecule is CN1CCN(CCNc2ncc3cc4cnccc4c(N)c3n2)CC1. The Kier molecular flexibility index (Phi) is 4.33. The molecule has 0 aliphatic carbocycles. The van der Waals surface area contributed by atoms with Crippen molar-refractivity contribution in [2.75, 3.05) is 57.4 Å². The highest BCUT2D eigenvalue weighted by atomic mass is 15.3. The number of nitrogens with zero attached hydrogens (tertiary/aromatic N) is 5. The van der Waals surface area contributed by atoms with Crippen LogP contribution in [0, 0.1) is 0 Å². The summed E-state index contributed by atoms with van der Waals surface area (Å²) < 4.78 is 0. The average Bonchev–Trinajstić information content (AvgIpc) is 2.64. The second kappa shape index (κ2) is 6.78. The van der Waals surface area contributed by atoms with Gasteiger partial charge in [-0.15, -0.1) is 0 Å². The predicted octanol–water partition coefficient (Wildman–Crippen LogP) is 1.42. The molecule has 3 N–H and O–H groups in total. The van der Waals surface area contributed by atoms with Crippen LogP contribution in [0.4, 0.5) is 11.6 Å². The van der Waals surface area contributed by atoms with Crippen molar-refractivity contribution in [3.8, 4) is 0 Å². The van der Waals surface area contributed by atoms with E-state index in [0.29, 0.717) is 11.6 Å². The summed E-state index contributed by atoms with van der Waals surface area (Å²) >= 11 is 0. The van der Waals surface area contributed by atoms with E-state index in [-0.39, 0.29) is 0 Å². The molecule has 2 aromatic heterocycles. The zero-order chi connectivity index (χ0) is 17.2. The Labute approximate surface area is 146 Å². The maximum Gasteiger partial charge on any atom is 0.223 e. The number of rotatable bonds is 4. The summed E-state index contributed by atoms with van der Waals surface area (Å²) in [5, 5.41) is 6.24. The first-order valence-electron chi connectivity index (χ1n) is 8.64. The fourth-order valence-electron chi connectivity index (χ4n) is 3.26. The van der Waals surface area contributed by atoms with Gasteiger partial charge in [0.15, 0.2) is 0 Å². The summed E-state index contributed by atoms with van der Waals surface area (Å²) in [4.78, 5) is 18.0. The van der Waals surface area contributed by atoms with Gasteiger partial charge in [0.1, 0.15) is 0 Å². The smallest absolute Gasteiger partial charge is 0.223 e. The molecule has 0 atom stereocenters. The number of pyridine rings is 1. The van der Waals surface area contributed by atoms with Gasteiger partial charge in [-0.2, -0.15) is 0 Å². The highest BCUT2D eigenvalue weighted by Gasteiger charge is 2.13. The lowest BCUT2D eigenvalue weighted by molar-refractivity contribution is 0.158. The van der Waals surface area contributed by atoms with E-state index in [4.69, 9.17) is 5.73 Å². The molecule has 130 valence electrons. The summed E-state index contributed by atoms with van der Waals surface area (Å²) in [6.07, 6.45) is 5.39. The van der Waals surface area contributed by atoms with Crippen molar-refractivity contribution < 1.29 is 0 Å². The normalized spacial score (nSPS) is 16.5. The average molecular weight is 337 g/mol. The summed E-state index contributed by atoms with van der Waals surface area (Å²) in [5.41, 5.74) is 7.79. The van der Waals surface area contributed by atoms with Crippen molar-refractivity contribution in [2.24, 2.45) is 0 Å². The van der Waals surface area contributed by atoms with E-state index in [2.05, 4.69) is 37.1 Å². The third-order valence-corrected chi connectivity index (χ3v) is 4.83. The summed E-state index contributed by atoms with van der Waals surface area (Å²) in [7, 11) is 2.17. The molecule has 1 saturated heterocycles. The summed E-state index contributed by atoms with van der Waals surface area (Å²) in [5.74, 6) is 0.627. The van der Waals surface area contributed by atoms with E-state index in [0.717, 1.165) is 60.9 Å². The number of hydrogen-bond acceptors (Lipinski definition) is 7. The maximum absolute atomic E-state index is 6.32. The number of fused-ring (bicyclic) bond motifs is 2. The molecular weight excluding hydrogens is 314 g/mol. The molecule has 7 nitrogen and oxygen atoms in total. The fourth-order valence-corrected chi connectivity index (χ4v) is 3.26. The van der Waals surface area contributed by atoms with Gasteiger partial charge in [0, 0.05) is 74.0 Å². The Balaban J connectivity index is 1.49. The zero-order valence-corrected chi connectivity index (χ0v) is 14.4. The Bertz CT molecular complexity index is 887. The summed E-state index contributed by atoms with van der Waals surface area (Å²) in [6, 6.07) is 3.95. The predicted molar refractivity (Wildman–Crippen MR) is 102 cm³/mol. The molecule has 7 heteroatoms. The first-order valence-corrected chi connectivity index (χ1v) is 8.64. The van der Waals surface area contributed by atoms with Gasteiger partial charge in [0.25, 0.3) is 0 Å². The lowest BCUT2D eigenvalue weighted by Crippen LogP contribution is -2.45. The molecule has 3 aromatic rings. The van der Waals surface area contributed by atoms with E-state index in [1.807, 2.05) is 24.5 Å². The number of benzene rings is 1. The van der Waals surface area contributed by atoms with Crippen LogP contribution in [0.3, 0.4) is 0 Å². The molecule has 0 spiro atoms. The number of aromatic nitrogens is 3. The lowest BCUT2D eigenvalue weighted by Gasteiger charge is -2.32. The lowest BCUT2D eigenvalue weighted by atomic mass is 10.1. The second-order valence-corrected chi connectivity index (χ2v) is 6.59. The van der Waals surface area contributed by atoms with Gasteiger partial charge in [0.05, 0.1) is 11.2 Å². The van der Waals surface area contributed by atoms with Gasteiger partial charge in [-0.1, -0.05) is 0 Å². The Hall–Kier alpha value is -2.51. The van der Waals surface area contributed by atoms with E-state index < -0.39 is 0 Å². The van der Waals surface area contributed by atoms with Crippen molar-refractivity contribution in [1.82, 2.24) is 24.8 Å². The van der Waals surface area contributed by atoms with Crippen molar-refractivity contribution >= 4 is 33.3 Å². The van der Waals surface area contributed by atoms with E-state index >= 15 is 0 Å². The van der Waals surface area contributed by atoms with Crippen LogP contribution in [0.1, 0.15) is 0 Å². The van der Waals surface area contributed by atoms with Gasteiger partial charge >= 0.3 is 0 Å². The van der Waals surface area contributed by atoms with Crippen molar-refractivity contribution in [1.29, 1.82) is 0 Å². The monoisotopic (exact) mass is 337 g/mol.